The fourth-order valence-electron chi connectivity index (χ4n) is 0.881. The van der Waals surface area contributed by atoms with Gasteiger partial charge >= 0.3 is 0 Å². The standard InChI is InChI=1S/C9H8N2/c1-2-7-3-4-8(6-10)9(11)5-7/h3-4H,1,5,11H2. The Kier molecular flexibility index (Phi) is 1.96. The van der Waals surface area contributed by atoms with Gasteiger partial charge in [-0.05, 0) is 17.7 Å². The van der Waals surface area contributed by atoms with Gasteiger partial charge in [0.2, 0.25) is 0 Å². The highest BCUT2D eigenvalue weighted by Gasteiger charge is 2.06. The molecule has 0 atom stereocenters. The van der Waals surface area contributed by atoms with Gasteiger partial charge in [-0.2, -0.15) is 5.26 Å². The zero-order chi connectivity index (χ0) is 8.27. The van der Waals surface area contributed by atoms with Crippen molar-refractivity contribution in [2.75, 3.05) is 0 Å². The molecule has 0 bridgehead atoms. The Morgan fingerprint density at radius 1 is 1.55 bits per heavy atom. The summed E-state index contributed by atoms with van der Waals surface area (Å²) in [5.74, 6) is 0. The van der Waals surface area contributed by atoms with E-state index < -0.39 is 0 Å². The van der Waals surface area contributed by atoms with Crippen molar-refractivity contribution < 1.29 is 0 Å². The minimum absolute atomic E-state index is 0.545. The van der Waals surface area contributed by atoms with E-state index in [1.165, 1.54) is 0 Å². The maximum absolute atomic E-state index is 8.54. The molecule has 0 aliphatic heterocycles. The molecule has 0 amide bonds. The molecule has 0 aromatic heterocycles. The lowest BCUT2D eigenvalue weighted by Gasteiger charge is -2.06. The average molecular weight is 144 g/mol. The van der Waals surface area contributed by atoms with Crippen molar-refractivity contribution in [1.29, 1.82) is 5.26 Å². The second-order valence-electron chi connectivity index (χ2n) is 2.26. The summed E-state index contributed by atoms with van der Waals surface area (Å²) in [5, 5.41) is 8.54. The lowest BCUT2D eigenvalue weighted by atomic mass is 10.0. The number of hydrogen-bond acceptors (Lipinski definition) is 2. The Morgan fingerprint density at radius 3 is 2.73 bits per heavy atom. The van der Waals surface area contributed by atoms with Gasteiger partial charge in [0, 0.05) is 12.1 Å². The molecule has 0 unspecified atom stereocenters. The molecule has 0 saturated carbocycles. The van der Waals surface area contributed by atoms with Crippen LogP contribution in [0.1, 0.15) is 6.42 Å². The third-order valence-corrected chi connectivity index (χ3v) is 1.53. The zero-order valence-electron chi connectivity index (χ0n) is 6.09. The van der Waals surface area contributed by atoms with Crippen LogP contribution in [0.25, 0.3) is 0 Å². The number of rotatable bonds is 0. The predicted octanol–water partition coefficient (Wildman–Crippen LogP) is 1.39. The molecular weight excluding hydrogens is 136 g/mol. The van der Waals surface area contributed by atoms with Crippen LogP contribution in [-0.4, -0.2) is 0 Å². The third kappa shape index (κ3) is 1.40. The van der Waals surface area contributed by atoms with E-state index in [1.54, 1.807) is 6.08 Å². The SMILES string of the molecule is C=C=C1C=CC(C#N)=C(N)C1. The summed E-state index contributed by atoms with van der Waals surface area (Å²) < 4.78 is 0. The van der Waals surface area contributed by atoms with Gasteiger partial charge in [0.25, 0.3) is 0 Å². The van der Waals surface area contributed by atoms with Gasteiger partial charge < -0.3 is 5.73 Å². The quantitative estimate of drug-likeness (QED) is 0.522. The second-order valence-corrected chi connectivity index (χ2v) is 2.26. The molecule has 1 rings (SSSR count). The van der Waals surface area contributed by atoms with E-state index in [0.717, 1.165) is 5.57 Å². The van der Waals surface area contributed by atoms with Crippen molar-refractivity contribution in [2.45, 2.75) is 6.42 Å². The lowest BCUT2D eigenvalue weighted by molar-refractivity contribution is 1.08. The van der Waals surface area contributed by atoms with Gasteiger partial charge in [-0.15, -0.1) is 5.73 Å². The number of nitrogens with two attached hydrogens (primary N) is 1. The molecule has 0 radical (unpaired) electrons. The molecule has 0 saturated heterocycles. The van der Waals surface area contributed by atoms with Gasteiger partial charge in [-0.3, -0.25) is 0 Å². The summed E-state index contributed by atoms with van der Waals surface area (Å²) in [6.45, 7) is 3.50. The minimum Gasteiger partial charge on any atom is -0.401 e. The Balaban J connectivity index is 3.02. The highest BCUT2D eigenvalue weighted by Crippen LogP contribution is 2.17. The van der Waals surface area contributed by atoms with Crippen molar-refractivity contribution in [3.05, 3.63) is 41.3 Å². The minimum atomic E-state index is 0.545. The van der Waals surface area contributed by atoms with Crippen molar-refractivity contribution in [3.8, 4) is 6.07 Å². The molecule has 0 heterocycles. The molecule has 0 aromatic carbocycles. The van der Waals surface area contributed by atoms with Crippen molar-refractivity contribution in [2.24, 2.45) is 5.73 Å². The van der Waals surface area contributed by atoms with E-state index in [-0.39, 0.29) is 0 Å². The lowest BCUT2D eigenvalue weighted by Crippen LogP contribution is -2.04. The number of nitrogens with zero attached hydrogens (tertiary/aromatic N) is 1. The Hall–Kier alpha value is -1.71. The van der Waals surface area contributed by atoms with Crippen molar-refractivity contribution in [3.63, 3.8) is 0 Å². The monoisotopic (exact) mass is 144 g/mol. The van der Waals surface area contributed by atoms with Crippen LogP contribution in [0.5, 0.6) is 0 Å². The summed E-state index contributed by atoms with van der Waals surface area (Å²) in [7, 11) is 0. The first kappa shape index (κ1) is 7.40. The molecule has 0 aromatic rings. The largest absolute Gasteiger partial charge is 0.401 e. The van der Waals surface area contributed by atoms with Gasteiger partial charge in [-0.25, -0.2) is 0 Å². The molecule has 2 N–H and O–H groups in total. The smallest absolute Gasteiger partial charge is 0.101 e. The van der Waals surface area contributed by atoms with E-state index in [4.69, 9.17) is 11.0 Å². The molecule has 54 valence electrons. The molecule has 0 spiro atoms. The van der Waals surface area contributed by atoms with Gasteiger partial charge in [0.05, 0.1) is 5.57 Å². The fraction of sp³-hybridized carbons (Fsp3) is 0.111. The molecule has 11 heavy (non-hydrogen) atoms. The van der Waals surface area contributed by atoms with Crippen LogP contribution in [0, 0.1) is 11.3 Å². The van der Waals surface area contributed by atoms with Gasteiger partial charge in [0.1, 0.15) is 6.07 Å². The maximum Gasteiger partial charge on any atom is 0.101 e. The van der Waals surface area contributed by atoms with Crippen LogP contribution in [0.15, 0.2) is 41.3 Å². The first-order valence-electron chi connectivity index (χ1n) is 3.23. The van der Waals surface area contributed by atoms with Crippen molar-refractivity contribution in [1.82, 2.24) is 0 Å². The molecular formula is C9H8N2. The van der Waals surface area contributed by atoms with Crippen LogP contribution < -0.4 is 5.73 Å². The number of hydrogen-bond donors (Lipinski definition) is 1. The number of allylic oxidation sites excluding steroid dienone is 4. The zero-order valence-corrected chi connectivity index (χ0v) is 6.09. The Labute approximate surface area is 65.6 Å². The molecule has 2 heteroatoms. The Bertz CT molecular complexity index is 320. The average Bonchev–Trinajstić information content (AvgIpc) is 2.04. The predicted molar refractivity (Wildman–Crippen MR) is 43.2 cm³/mol. The normalized spacial score (nSPS) is 16.1. The molecule has 0 fully saturated rings. The number of nitriles is 1. The van der Waals surface area contributed by atoms with Crippen LogP contribution in [0.2, 0.25) is 0 Å². The first-order chi connectivity index (χ1) is 5.27. The van der Waals surface area contributed by atoms with Crippen LogP contribution in [0.4, 0.5) is 0 Å². The molecule has 1 aliphatic carbocycles. The van der Waals surface area contributed by atoms with E-state index in [0.29, 0.717) is 17.7 Å². The van der Waals surface area contributed by atoms with E-state index in [2.05, 4.69) is 12.3 Å². The van der Waals surface area contributed by atoms with Gasteiger partial charge in [-0.1, -0.05) is 6.58 Å². The summed E-state index contributed by atoms with van der Waals surface area (Å²) in [6, 6.07) is 2.00. The van der Waals surface area contributed by atoms with Crippen LogP contribution in [-0.2, 0) is 0 Å². The molecule has 2 nitrogen and oxygen atoms in total. The van der Waals surface area contributed by atoms with E-state index in [9.17, 15) is 0 Å². The van der Waals surface area contributed by atoms with Crippen LogP contribution >= 0.6 is 0 Å². The summed E-state index contributed by atoms with van der Waals surface area (Å²) >= 11 is 0. The third-order valence-electron chi connectivity index (χ3n) is 1.53. The summed E-state index contributed by atoms with van der Waals surface area (Å²) in [5.41, 5.74) is 10.4. The maximum atomic E-state index is 8.54. The second kappa shape index (κ2) is 2.92. The fourth-order valence-corrected chi connectivity index (χ4v) is 0.881. The molecule has 1 aliphatic rings. The van der Waals surface area contributed by atoms with Crippen molar-refractivity contribution >= 4 is 0 Å². The highest BCUT2D eigenvalue weighted by atomic mass is 14.6. The first-order valence-corrected chi connectivity index (χ1v) is 3.23. The Morgan fingerprint density at radius 2 is 2.27 bits per heavy atom. The van der Waals surface area contributed by atoms with E-state index >= 15 is 0 Å². The van der Waals surface area contributed by atoms with Gasteiger partial charge in [0.15, 0.2) is 0 Å². The van der Waals surface area contributed by atoms with Crippen LogP contribution in [0.3, 0.4) is 0 Å². The van der Waals surface area contributed by atoms with E-state index in [1.807, 2.05) is 12.1 Å². The summed E-state index contributed by atoms with van der Waals surface area (Å²) in [6.07, 6.45) is 4.08. The topological polar surface area (TPSA) is 49.8 Å². The highest BCUT2D eigenvalue weighted by molar-refractivity contribution is 5.45. The summed E-state index contributed by atoms with van der Waals surface area (Å²) in [4.78, 5) is 0.